The van der Waals surface area contributed by atoms with Crippen LogP contribution >= 0.6 is 7.14 Å². The van der Waals surface area contributed by atoms with Gasteiger partial charge in [-0.1, -0.05) is 42.5 Å². The summed E-state index contributed by atoms with van der Waals surface area (Å²) >= 11 is 0. The van der Waals surface area contributed by atoms with Gasteiger partial charge in [0.1, 0.15) is 17.4 Å². The highest BCUT2D eigenvalue weighted by Crippen LogP contribution is 2.61. The number of hydrogen-bond acceptors (Lipinski definition) is 2. The van der Waals surface area contributed by atoms with E-state index in [1.165, 1.54) is 24.3 Å². The number of anilines is 1. The summed E-state index contributed by atoms with van der Waals surface area (Å²) in [6.45, 7) is 0.693. The second-order valence-electron chi connectivity index (χ2n) is 7.96. The van der Waals surface area contributed by atoms with Gasteiger partial charge in [-0.15, -0.1) is 0 Å². The van der Waals surface area contributed by atoms with E-state index >= 15 is 4.57 Å². The molecule has 0 N–H and O–H groups in total. The zero-order chi connectivity index (χ0) is 22.1. The summed E-state index contributed by atoms with van der Waals surface area (Å²) in [5, 5.41) is 1.10. The first-order valence-corrected chi connectivity index (χ1v) is 12.4. The lowest BCUT2D eigenvalue weighted by Gasteiger charge is -2.43. The van der Waals surface area contributed by atoms with Crippen LogP contribution in [0.3, 0.4) is 0 Å². The maximum absolute atomic E-state index is 15.3. The summed E-state index contributed by atoms with van der Waals surface area (Å²) in [6.07, 6.45) is 0.828. The third-order valence-corrected chi connectivity index (χ3v) is 9.48. The number of nitrogens with zero attached hydrogens (tertiary/aromatic N) is 1. The smallest absolute Gasteiger partial charge is 0.168 e. The van der Waals surface area contributed by atoms with Crippen LogP contribution in [-0.2, 0) is 11.0 Å². The molecule has 0 radical (unpaired) electrons. The van der Waals surface area contributed by atoms with Gasteiger partial charge >= 0.3 is 0 Å². The highest BCUT2D eigenvalue weighted by molar-refractivity contribution is 7.79. The number of rotatable bonds is 4. The molecule has 5 rings (SSSR count). The monoisotopic (exact) mass is 445 g/mol. The van der Waals surface area contributed by atoms with E-state index in [4.69, 9.17) is 0 Å². The van der Waals surface area contributed by atoms with Gasteiger partial charge in [0.25, 0.3) is 0 Å². The number of benzene rings is 4. The van der Waals surface area contributed by atoms with Crippen LogP contribution in [0.2, 0.25) is 0 Å². The van der Waals surface area contributed by atoms with Crippen LogP contribution in [0.5, 0.6) is 0 Å². The van der Waals surface area contributed by atoms with Gasteiger partial charge in [-0.25, -0.2) is 8.78 Å². The fourth-order valence-electron chi connectivity index (χ4n) is 4.58. The molecule has 5 heteroatoms. The summed E-state index contributed by atoms with van der Waals surface area (Å²) in [6, 6.07) is 29.7. The molecule has 1 atom stereocenters. The Labute approximate surface area is 186 Å². The molecule has 160 valence electrons. The van der Waals surface area contributed by atoms with Crippen molar-refractivity contribution in [2.45, 2.75) is 12.2 Å². The van der Waals surface area contributed by atoms with E-state index in [0.717, 1.165) is 23.2 Å². The maximum Gasteiger partial charge on any atom is 0.168 e. The first-order chi connectivity index (χ1) is 15.6. The molecule has 1 aliphatic rings. The Morgan fingerprint density at radius 1 is 0.688 bits per heavy atom. The van der Waals surface area contributed by atoms with Gasteiger partial charge in [0.05, 0.1) is 0 Å². The SMILES string of the molecule is O=P(c1ccc(F)cc1)(c1ccc(F)cc1)[C@H]1c2ccccc2CCN1c1ccccc1. The maximum atomic E-state index is 15.3. The molecule has 32 heavy (non-hydrogen) atoms. The van der Waals surface area contributed by atoms with Gasteiger partial charge in [0, 0.05) is 22.8 Å². The summed E-state index contributed by atoms with van der Waals surface area (Å²) in [5.74, 6) is -1.27. The fourth-order valence-corrected chi connectivity index (χ4v) is 7.92. The molecule has 4 aromatic rings. The zero-order valence-corrected chi connectivity index (χ0v) is 18.3. The molecule has 0 aliphatic carbocycles. The lowest BCUT2D eigenvalue weighted by molar-refractivity contribution is 0.569. The Kier molecular flexibility index (Phi) is 5.40. The summed E-state index contributed by atoms with van der Waals surface area (Å²) in [7, 11) is -3.40. The van der Waals surface area contributed by atoms with E-state index in [1.807, 2.05) is 48.5 Å². The summed E-state index contributed by atoms with van der Waals surface area (Å²) in [4.78, 5) is 2.18. The first kappa shape index (κ1) is 20.7. The van der Waals surface area contributed by atoms with E-state index in [1.54, 1.807) is 24.3 Å². The lowest BCUT2D eigenvalue weighted by Crippen LogP contribution is -2.39. The highest BCUT2D eigenvalue weighted by atomic mass is 31.2. The number of hydrogen-bond donors (Lipinski definition) is 0. The largest absolute Gasteiger partial charge is 0.357 e. The molecule has 0 fully saturated rings. The van der Waals surface area contributed by atoms with E-state index in [-0.39, 0.29) is 11.6 Å². The average molecular weight is 445 g/mol. The molecule has 2 nitrogen and oxygen atoms in total. The molecule has 0 saturated heterocycles. The van der Waals surface area contributed by atoms with Crippen LogP contribution in [0.1, 0.15) is 16.9 Å². The van der Waals surface area contributed by atoms with Gasteiger partial charge < -0.3 is 9.46 Å². The van der Waals surface area contributed by atoms with Gasteiger partial charge in [-0.05, 0) is 78.2 Å². The highest BCUT2D eigenvalue weighted by Gasteiger charge is 2.44. The number of para-hydroxylation sites is 1. The van der Waals surface area contributed by atoms with Crippen molar-refractivity contribution in [2.75, 3.05) is 11.4 Å². The predicted octanol–water partition coefficient (Wildman–Crippen LogP) is 6.04. The summed E-state index contributed by atoms with van der Waals surface area (Å²) < 4.78 is 42.9. The molecule has 1 aliphatic heterocycles. The molecule has 1 heterocycles. The average Bonchev–Trinajstić information content (AvgIpc) is 2.84. The normalized spacial score (nSPS) is 15.9. The number of halogens is 2. The second-order valence-corrected chi connectivity index (χ2v) is 10.8. The van der Waals surface area contributed by atoms with E-state index < -0.39 is 12.9 Å². The minimum Gasteiger partial charge on any atom is -0.357 e. The van der Waals surface area contributed by atoms with Crippen molar-refractivity contribution in [2.24, 2.45) is 0 Å². The molecule has 0 aromatic heterocycles. The van der Waals surface area contributed by atoms with Crippen molar-refractivity contribution in [3.8, 4) is 0 Å². The molecule has 0 saturated carbocycles. The third kappa shape index (κ3) is 3.55. The topological polar surface area (TPSA) is 20.3 Å². The number of fused-ring (bicyclic) bond motifs is 1. The van der Waals surface area contributed by atoms with Gasteiger partial charge in [-0.2, -0.15) is 0 Å². The van der Waals surface area contributed by atoms with Crippen molar-refractivity contribution in [1.82, 2.24) is 0 Å². The molecule has 0 spiro atoms. The Bertz CT molecular complexity index is 1220. The Morgan fingerprint density at radius 2 is 1.22 bits per heavy atom. The summed E-state index contributed by atoms with van der Waals surface area (Å²) in [5.41, 5.74) is 3.10. The van der Waals surface area contributed by atoms with Crippen molar-refractivity contribution in [1.29, 1.82) is 0 Å². The van der Waals surface area contributed by atoms with Crippen LogP contribution in [0, 0.1) is 11.6 Å². The first-order valence-electron chi connectivity index (χ1n) is 10.6. The molecule has 0 unspecified atom stereocenters. The molecular formula is C27H22F2NOP. The van der Waals surface area contributed by atoms with Gasteiger partial charge in [0.15, 0.2) is 7.14 Å². The molecule has 4 aromatic carbocycles. The van der Waals surface area contributed by atoms with Crippen molar-refractivity contribution in [3.63, 3.8) is 0 Å². The molecular weight excluding hydrogens is 423 g/mol. The van der Waals surface area contributed by atoms with E-state index in [9.17, 15) is 8.78 Å². The van der Waals surface area contributed by atoms with Gasteiger partial charge in [0.2, 0.25) is 0 Å². The molecule has 0 amide bonds. The standard InChI is InChI=1S/C27H22F2NOP/c28-21-10-14-24(15-11-21)32(31,25-16-12-22(29)13-17-25)27-26-9-5-4-6-20(26)18-19-30(27)23-7-2-1-3-8-23/h1-17,27H,18-19H2/t27-/m0/s1. The minimum atomic E-state index is -3.40. The van der Waals surface area contributed by atoms with Crippen molar-refractivity contribution >= 4 is 23.4 Å². The van der Waals surface area contributed by atoms with Crippen molar-refractivity contribution < 1.29 is 13.3 Å². The predicted molar refractivity (Wildman–Crippen MR) is 126 cm³/mol. The Morgan fingerprint density at radius 3 is 1.81 bits per heavy atom. The Balaban J connectivity index is 1.80. The second kappa shape index (κ2) is 8.37. The van der Waals surface area contributed by atoms with Crippen LogP contribution in [0.4, 0.5) is 14.5 Å². The Hall–Kier alpha value is -3.23. The quantitative estimate of drug-likeness (QED) is 0.357. The zero-order valence-electron chi connectivity index (χ0n) is 17.4. The van der Waals surface area contributed by atoms with Crippen LogP contribution in [0.15, 0.2) is 103 Å². The van der Waals surface area contributed by atoms with Crippen molar-refractivity contribution in [3.05, 3.63) is 126 Å². The van der Waals surface area contributed by atoms with Crippen LogP contribution in [-0.4, -0.2) is 6.54 Å². The fraction of sp³-hybridized carbons (Fsp3) is 0.111. The van der Waals surface area contributed by atoms with E-state index in [0.29, 0.717) is 17.2 Å². The van der Waals surface area contributed by atoms with E-state index in [2.05, 4.69) is 11.0 Å². The third-order valence-electron chi connectivity index (χ3n) is 6.10. The van der Waals surface area contributed by atoms with Crippen LogP contribution in [0.25, 0.3) is 0 Å². The minimum absolute atomic E-state index is 0.386. The van der Waals surface area contributed by atoms with Gasteiger partial charge in [-0.3, -0.25) is 0 Å². The lowest BCUT2D eigenvalue weighted by atomic mass is 9.99. The molecule has 0 bridgehead atoms. The van der Waals surface area contributed by atoms with Crippen LogP contribution < -0.4 is 15.5 Å².